The topological polar surface area (TPSA) is 18.5 Å². The van der Waals surface area contributed by atoms with E-state index in [0.29, 0.717) is 6.10 Å². The van der Waals surface area contributed by atoms with E-state index >= 15 is 0 Å². The molecule has 1 aliphatic heterocycles. The van der Waals surface area contributed by atoms with E-state index in [4.69, 9.17) is 9.47 Å². The molecule has 0 N–H and O–H groups in total. The molecule has 2 nitrogen and oxygen atoms in total. The first-order chi connectivity index (χ1) is 5.79. The molecule has 1 heterocycles. The van der Waals surface area contributed by atoms with Crippen molar-refractivity contribution in [3.05, 3.63) is 12.3 Å². The Balaban J connectivity index is 1.88. The molecule has 2 unspecified atom stereocenters. The van der Waals surface area contributed by atoms with Gasteiger partial charge < -0.3 is 9.47 Å². The minimum atomic E-state index is 0.268. The van der Waals surface area contributed by atoms with Gasteiger partial charge >= 0.3 is 0 Å². The van der Waals surface area contributed by atoms with E-state index < -0.39 is 0 Å². The fourth-order valence-corrected chi connectivity index (χ4v) is 1.02. The molecule has 0 spiro atoms. The van der Waals surface area contributed by atoms with E-state index in [-0.39, 0.29) is 5.25 Å². The van der Waals surface area contributed by atoms with Crippen molar-refractivity contribution in [1.29, 1.82) is 0 Å². The number of rotatable bonds is 5. The van der Waals surface area contributed by atoms with Gasteiger partial charge in [-0.3, -0.25) is 0 Å². The van der Waals surface area contributed by atoms with Crippen molar-refractivity contribution in [2.75, 3.05) is 13.2 Å². The smallest absolute Gasteiger partial charge is 0.0897 e. The van der Waals surface area contributed by atoms with Crippen molar-refractivity contribution in [2.24, 2.45) is 0 Å². The monoisotopic (exact) mass is 188 g/mol. The van der Waals surface area contributed by atoms with Gasteiger partial charge in [-0.15, -0.1) is 0 Å². The summed E-state index contributed by atoms with van der Waals surface area (Å²) in [7, 11) is 0. The zero-order chi connectivity index (χ0) is 8.81. The largest absolute Gasteiger partial charge is 0.501 e. The van der Waals surface area contributed by atoms with Gasteiger partial charge in [0, 0.05) is 18.3 Å². The second kappa shape index (κ2) is 5.49. The zero-order valence-electron chi connectivity index (χ0n) is 7.40. The average Bonchev–Trinajstić information content (AvgIpc) is 1.92. The standard InChI is InChI=1S/C9H16O2S/c1-8(12)2-5-10-6-3-9-4-7-11-9/h2,5,8-9,12H,3-4,6-7H2,1H3. The molecule has 12 heavy (non-hydrogen) atoms. The molecule has 1 aliphatic rings. The SMILES string of the molecule is CC(S)C=COCCC1CCO1. The number of hydrogen-bond donors (Lipinski definition) is 1. The highest BCUT2D eigenvalue weighted by Gasteiger charge is 2.16. The van der Waals surface area contributed by atoms with Crippen LogP contribution in [-0.2, 0) is 9.47 Å². The molecule has 0 saturated carbocycles. The minimum absolute atomic E-state index is 0.268. The Kier molecular flexibility index (Phi) is 4.54. The van der Waals surface area contributed by atoms with Crippen LogP contribution in [-0.4, -0.2) is 24.6 Å². The van der Waals surface area contributed by atoms with Crippen LogP contribution >= 0.6 is 12.6 Å². The van der Waals surface area contributed by atoms with E-state index in [1.165, 1.54) is 6.42 Å². The lowest BCUT2D eigenvalue weighted by atomic mass is 10.1. The van der Waals surface area contributed by atoms with Gasteiger partial charge in [0.2, 0.25) is 0 Å². The molecule has 0 aromatic carbocycles. The molecular formula is C9H16O2S. The van der Waals surface area contributed by atoms with Crippen molar-refractivity contribution in [2.45, 2.75) is 31.1 Å². The van der Waals surface area contributed by atoms with Gasteiger partial charge in [-0.25, -0.2) is 0 Å². The Hall–Kier alpha value is -0.150. The van der Waals surface area contributed by atoms with E-state index in [0.717, 1.165) is 19.6 Å². The summed E-state index contributed by atoms with van der Waals surface area (Å²) in [6, 6.07) is 0. The molecule has 1 fully saturated rings. The number of thiol groups is 1. The van der Waals surface area contributed by atoms with Crippen LogP contribution < -0.4 is 0 Å². The fourth-order valence-electron chi connectivity index (χ4n) is 0.949. The fraction of sp³-hybridized carbons (Fsp3) is 0.778. The summed E-state index contributed by atoms with van der Waals surface area (Å²) in [6.07, 6.45) is 6.29. The Bertz CT molecular complexity index is 141. The first kappa shape index (κ1) is 9.93. The Morgan fingerprint density at radius 3 is 3.00 bits per heavy atom. The highest BCUT2D eigenvalue weighted by molar-refractivity contribution is 7.81. The van der Waals surface area contributed by atoms with Gasteiger partial charge in [0.15, 0.2) is 0 Å². The maximum Gasteiger partial charge on any atom is 0.0897 e. The van der Waals surface area contributed by atoms with Crippen LogP contribution in [0.5, 0.6) is 0 Å². The number of ether oxygens (including phenoxy) is 2. The summed E-state index contributed by atoms with van der Waals surface area (Å²) < 4.78 is 10.5. The van der Waals surface area contributed by atoms with Crippen molar-refractivity contribution >= 4 is 12.6 Å². The first-order valence-corrected chi connectivity index (χ1v) is 4.88. The molecule has 0 aromatic rings. The molecule has 1 saturated heterocycles. The maximum absolute atomic E-state index is 5.24. The van der Waals surface area contributed by atoms with Gasteiger partial charge in [0.1, 0.15) is 0 Å². The molecule has 2 atom stereocenters. The number of hydrogen-bond acceptors (Lipinski definition) is 3. The van der Waals surface area contributed by atoms with Gasteiger partial charge in [0.05, 0.1) is 19.0 Å². The second-order valence-corrected chi connectivity index (χ2v) is 3.82. The normalized spacial score (nSPS) is 25.3. The molecule has 0 aromatic heterocycles. The second-order valence-electron chi connectivity index (χ2n) is 3.01. The van der Waals surface area contributed by atoms with Gasteiger partial charge in [-0.05, 0) is 19.4 Å². The zero-order valence-corrected chi connectivity index (χ0v) is 8.30. The molecule has 70 valence electrons. The van der Waals surface area contributed by atoms with E-state index in [1.807, 2.05) is 13.0 Å². The summed E-state index contributed by atoms with van der Waals surface area (Å²) in [5.41, 5.74) is 0. The van der Waals surface area contributed by atoms with E-state index in [2.05, 4.69) is 12.6 Å². The van der Waals surface area contributed by atoms with Crippen LogP contribution in [0.3, 0.4) is 0 Å². The van der Waals surface area contributed by atoms with Crippen molar-refractivity contribution in [1.82, 2.24) is 0 Å². The Morgan fingerprint density at radius 2 is 2.50 bits per heavy atom. The summed E-state index contributed by atoms with van der Waals surface area (Å²) in [6.45, 7) is 3.67. The summed E-state index contributed by atoms with van der Waals surface area (Å²) in [4.78, 5) is 0. The molecule has 3 heteroatoms. The summed E-state index contributed by atoms with van der Waals surface area (Å²) >= 11 is 4.18. The van der Waals surface area contributed by atoms with Gasteiger partial charge in [-0.2, -0.15) is 12.6 Å². The summed E-state index contributed by atoms with van der Waals surface area (Å²) in [5, 5.41) is 0.268. The third kappa shape index (κ3) is 4.02. The van der Waals surface area contributed by atoms with Crippen LogP contribution in [0, 0.1) is 0 Å². The van der Waals surface area contributed by atoms with Crippen LogP contribution in [0.1, 0.15) is 19.8 Å². The van der Waals surface area contributed by atoms with Gasteiger partial charge in [-0.1, -0.05) is 0 Å². The van der Waals surface area contributed by atoms with Crippen LogP contribution in [0.15, 0.2) is 12.3 Å². The van der Waals surface area contributed by atoms with Crippen LogP contribution in [0.4, 0.5) is 0 Å². The molecular weight excluding hydrogens is 172 g/mol. The lowest BCUT2D eigenvalue weighted by Crippen LogP contribution is -2.27. The first-order valence-electron chi connectivity index (χ1n) is 4.37. The van der Waals surface area contributed by atoms with Crippen LogP contribution in [0.25, 0.3) is 0 Å². The lowest BCUT2D eigenvalue weighted by Gasteiger charge is -2.25. The lowest BCUT2D eigenvalue weighted by molar-refractivity contribution is -0.0618. The van der Waals surface area contributed by atoms with E-state index in [1.54, 1.807) is 6.26 Å². The third-order valence-electron chi connectivity index (χ3n) is 1.80. The van der Waals surface area contributed by atoms with E-state index in [9.17, 15) is 0 Å². The van der Waals surface area contributed by atoms with Crippen molar-refractivity contribution < 1.29 is 9.47 Å². The summed E-state index contributed by atoms with van der Waals surface area (Å²) in [5.74, 6) is 0. The Morgan fingerprint density at radius 1 is 1.75 bits per heavy atom. The highest BCUT2D eigenvalue weighted by atomic mass is 32.1. The van der Waals surface area contributed by atoms with Crippen LogP contribution in [0.2, 0.25) is 0 Å². The van der Waals surface area contributed by atoms with Crippen molar-refractivity contribution in [3.63, 3.8) is 0 Å². The molecule has 0 radical (unpaired) electrons. The maximum atomic E-state index is 5.24. The Labute approximate surface area is 79.3 Å². The predicted molar refractivity (Wildman–Crippen MR) is 52.5 cm³/mol. The van der Waals surface area contributed by atoms with Gasteiger partial charge in [0.25, 0.3) is 0 Å². The highest BCUT2D eigenvalue weighted by Crippen LogP contribution is 2.14. The molecule has 0 bridgehead atoms. The van der Waals surface area contributed by atoms with Crippen molar-refractivity contribution in [3.8, 4) is 0 Å². The quantitative estimate of drug-likeness (QED) is 0.404. The molecule has 1 rings (SSSR count). The molecule has 0 aliphatic carbocycles. The predicted octanol–water partition coefficient (Wildman–Crippen LogP) is 2.01. The average molecular weight is 188 g/mol. The third-order valence-corrected chi connectivity index (χ3v) is 1.98. The minimum Gasteiger partial charge on any atom is -0.501 e. The molecule has 0 amide bonds.